The van der Waals surface area contributed by atoms with Gasteiger partial charge in [0.15, 0.2) is 0 Å². The molecule has 2 aliphatic heterocycles. The summed E-state index contributed by atoms with van der Waals surface area (Å²) in [6.45, 7) is 4.49. The fraction of sp³-hybridized carbons (Fsp3) is 1.00. The molecular formula is C7H11NO. The van der Waals surface area contributed by atoms with Crippen LogP contribution in [0.25, 0.3) is 0 Å². The molecule has 0 amide bonds. The van der Waals surface area contributed by atoms with Gasteiger partial charge in [-0.25, -0.2) is 0 Å². The Morgan fingerprint density at radius 1 is 1.11 bits per heavy atom. The minimum Gasteiger partial charge on any atom is -0.380 e. The number of ether oxygens (including phenoxy) is 1. The summed E-state index contributed by atoms with van der Waals surface area (Å²) in [5, 5.41) is 3.43. The molecule has 2 heterocycles. The third-order valence-electron chi connectivity index (χ3n) is 3.36. The van der Waals surface area contributed by atoms with Crippen LogP contribution in [0.3, 0.4) is 0 Å². The zero-order chi connectivity index (χ0) is 5.95. The van der Waals surface area contributed by atoms with Crippen molar-refractivity contribution in [2.75, 3.05) is 26.3 Å². The van der Waals surface area contributed by atoms with Crippen molar-refractivity contribution in [2.45, 2.75) is 6.42 Å². The topological polar surface area (TPSA) is 21.3 Å². The normalized spacial score (nSPS) is 61.3. The van der Waals surface area contributed by atoms with Crippen LogP contribution >= 0.6 is 0 Å². The first-order valence-corrected chi connectivity index (χ1v) is 3.66. The van der Waals surface area contributed by atoms with Crippen molar-refractivity contribution in [1.29, 1.82) is 0 Å². The summed E-state index contributed by atoms with van der Waals surface area (Å²) in [7, 11) is 0. The predicted octanol–water partition coefficient (Wildman–Crippen LogP) is -0.00370. The van der Waals surface area contributed by atoms with Crippen LogP contribution in [-0.4, -0.2) is 26.3 Å². The van der Waals surface area contributed by atoms with Crippen LogP contribution < -0.4 is 5.32 Å². The van der Waals surface area contributed by atoms with Gasteiger partial charge in [-0.2, -0.15) is 0 Å². The highest BCUT2D eigenvalue weighted by Crippen LogP contribution is 2.69. The number of piperidine rings is 1. The molecule has 3 fully saturated rings. The van der Waals surface area contributed by atoms with E-state index in [2.05, 4.69) is 5.32 Å². The zero-order valence-corrected chi connectivity index (χ0v) is 5.44. The van der Waals surface area contributed by atoms with Gasteiger partial charge in [-0.15, -0.1) is 0 Å². The molecule has 1 saturated carbocycles. The Morgan fingerprint density at radius 2 is 1.78 bits per heavy atom. The van der Waals surface area contributed by atoms with Gasteiger partial charge in [0.25, 0.3) is 0 Å². The molecule has 3 aliphatic rings. The molecule has 0 bridgehead atoms. The second-order valence-corrected chi connectivity index (χ2v) is 3.83. The second kappa shape index (κ2) is 1.06. The molecule has 2 saturated heterocycles. The van der Waals surface area contributed by atoms with E-state index in [1.165, 1.54) is 19.5 Å². The molecule has 9 heavy (non-hydrogen) atoms. The van der Waals surface area contributed by atoms with Gasteiger partial charge < -0.3 is 10.1 Å². The second-order valence-electron chi connectivity index (χ2n) is 3.83. The quantitative estimate of drug-likeness (QED) is 0.492. The standard InChI is InChI=1S/C7H11NO/c1-6-2-8-3-7(1,6)5-9-4-6/h8H,1-5H2. The molecule has 2 unspecified atom stereocenters. The number of rotatable bonds is 0. The van der Waals surface area contributed by atoms with Crippen LogP contribution in [-0.2, 0) is 4.74 Å². The van der Waals surface area contributed by atoms with Crippen LogP contribution in [0.1, 0.15) is 6.42 Å². The van der Waals surface area contributed by atoms with Gasteiger partial charge >= 0.3 is 0 Å². The first-order chi connectivity index (χ1) is 4.37. The number of hydrogen-bond acceptors (Lipinski definition) is 2. The molecule has 0 aromatic heterocycles. The van der Waals surface area contributed by atoms with Gasteiger partial charge in [-0.05, 0) is 6.42 Å². The van der Waals surface area contributed by atoms with E-state index in [0.29, 0.717) is 10.8 Å². The Morgan fingerprint density at radius 3 is 2.33 bits per heavy atom. The van der Waals surface area contributed by atoms with Gasteiger partial charge in [0.1, 0.15) is 0 Å². The molecule has 0 aromatic carbocycles. The Hall–Kier alpha value is -0.0800. The lowest BCUT2D eigenvalue weighted by Gasteiger charge is -2.07. The highest BCUT2D eigenvalue weighted by Gasteiger charge is 2.73. The van der Waals surface area contributed by atoms with E-state index in [9.17, 15) is 0 Å². The molecule has 2 nitrogen and oxygen atoms in total. The Labute approximate surface area is 54.6 Å². The Bertz CT molecular complexity index is 129. The predicted molar refractivity (Wildman–Crippen MR) is 33.2 cm³/mol. The SMILES string of the molecule is C1NCC23COCC12C3. The number of hydrogen-bond donors (Lipinski definition) is 1. The first-order valence-electron chi connectivity index (χ1n) is 3.66. The van der Waals surface area contributed by atoms with Crippen molar-refractivity contribution in [2.24, 2.45) is 10.8 Å². The molecule has 3 rings (SSSR count). The minimum atomic E-state index is 0.618. The third-order valence-corrected chi connectivity index (χ3v) is 3.36. The van der Waals surface area contributed by atoms with E-state index in [-0.39, 0.29) is 0 Å². The van der Waals surface area contributed by atoms with E-state index < -0.39 is 0 Å². The fourth-order valence-corrected chi connectivity index (χ4v) is 2.60. The molecule has 50 valence electrons. The summed E-state index contributed by atoms with van der Waals surface area (Å²) in [6, 6.07) is 0. The van der Waals surface area contributed by atoms with Crippen molar-refractivity contribution in [3.05, 3.63) is 0 Å². The van der Waals surface area contributed by atoms with E-state index in [4.69, 9.17) is 4.74 Å². The average Bonchev–Trinajstić information content (AvgIpc) is 2.11. The highest BCUT2D eigenvalue weighted by atomic mass is 16.5. The van der Waals surface area contributed by atoms with E-state index >= 15 is 0 Å². The van der Waals surface area contributed by atoms with Crippen molar-refractivity contribution < 1.29 is 4.74 Å². The molecule has 0 aromatic rings. The van der Waals surface area contributed by atoms with Crippen LogP contribution in [0.5, 0.6) is 0 Å². The molecule has 2 atom stereocenters. The molecule has 1 aliphatic carbocycles. The zero-order valence-electron chi connectivity index (χ0n) is 5.44. The average molecular weight is 125 g/mol. The maximum atomic E-state index is 5.42. The molecule has 2 heteroatoms. The van der Waals surface area contributed by atoms with Gasteiger partial charge in [0.2, 0.25) is 0 Å². The van der Waals surface area contributed by atoms with Crippen LogP contribution in [0.15, 0.2) is 0 Å². The van der Waals surface area contributed by atoms with Crippen molar-refractivity contribution in [3.8, 4) is 0 Å². The van der Waals surface area contributed by atoms with Gasteiger partial charge in [-0.3, -0.25) is 0 Å². The van der Waals surface area contributed by atoms with Crippen molar-refractivity contribution in [3.63, 3.8) is 0 Å². The number of nitrogens with one attached hydrogen (secondary N) is 1. The first kappa shape index (κ1) is 4.69. The molecule has 1 N–H and O–H groups in total. The summed E-state index contributed by atoms with van der Waals surface area (Å²) in [5.41, 5.74) is 1.24. The molecule has 0 radical (unpaired) electrons. The maximum absolute atomic E-state index is 5.42. The van der Waals surface area contributed by atoms with Gasteiger partial charge in [0.05, 0.1) is 13.2 Å². The maximum Gasteiger partial charge on any atom is 0.0541 e. The van der Waals surface area contributed by atoms with Crippen LogP contribution in [0, 0.1) is 10.8 Å². The van der Waals surface area contributed by atoms with Gasteiger partial charge in [-0.1, -0.05) is 0 Å². The summed E-state index contributed by atoms with van der Waals surface area (Å²) < 4.78 is 5.42. The summed E-state index contributed by atoms with van der Waals surface area (Å²) in [4.78, 5) is 0. The minimum absolute atomic E-state index is 0.618. The smallest absolute Gasteiger partial charge is 0.0541 e. The summed E-state index contributed by atoms with van der Waals surface area (Å²) >= 11 is 0. The van der Waals surface area contributed by atoms with Crippen LogP contribution in [0.4, 0.5) is 0 Å². The monoisotopic (exact) mass is 125 g/mol. The van der Waals surface area contributed by atoms with Crippen LogP contribution in [0.2, 0.25) is 0 Å². The van der Waals surface area contributed by atoms with Crippen molar-refractivity contribution in [1.82, 2.24) is 5.32 Å². The van der Waals surface area contributed by atoms with E-state index in [0.717, 1.165) is 13.2 Å². The summed E-state index contributed by atoms with van der Waals surface area (Å²) in [6.07, 6.45) is 1.44. The van der Waals surface area contributed by atoms with E-state index in [1.807, 2.05) is 0 Å². The highest BCUT2D eigenvalue weighted by molar-refractivity contribution is 5.23. The molecule has 0 spiro atoms. The lowest BCUT2D eigenvalue weighted by molar-refractivity contribution is 0.128. The Kier molecular flexibility index (Phi) is 0.552. The van der Waals surface area contributed by atoms with Gasteiger partial charge in [0, 0.05) is 23.9 Å². The lowest BCUT2D eigenvalue weighted by Crippen LogP contribution is -2.22. The molecular weight excluding hydrogens is 114 g/mol. The lowest BCUT2D eigenvalue weighted by atomic mass is 10.0. The summed E-state index contributed by atoms with van der Waals surface area (Å²) in [5.74, 6) is 0. The fourth-order valence-electron chi connectivity index (χ4n) is 2.60. The largest absolute Gasteiger partial charge is 0.380 e. The van der Waals surface area contributed by atoms with Crippen molar-refractivity contribution >= 4 is 0 Å². The third kappa shape index (κ3) is 0.332. The Balaban J connectivity index is 2.05. The van der Waals surface area contributed by atoms with E-state index in [1.54, 1.807) is 0 Å².